The largest absolute Gasteiger partial charge is 0.397 e. The van der Waals surface area contributed by atoms with Gasteiger partial charge in [0, 0.05) is 0 Å². The number of aliphatic hydroxyl groups excluding tert-OH is 5. The molecule has 0 aromatic heterocycles. The van der Waals surface area contributed by atoms with E-state index in [0.717, 1.165) is 38.5 Å². The predicted molar refractivity (Wildman–Crippen MR) is 284 cm³/mol. The summed E-state index contributed by atoms with van der Waals surface area (Å²) in [6.07, 6.45) is 41.4. The van der Waals surface area contributed by atoms with Gasteiger partial charge in [-0.05, 0) is 12.8 Å². The Balaban J connectivity index is 2.39. The molecule has 0 radical (unpaired) electrons. The third kappa shape index (κ3) is 37.7. The maximum Gasteiger partial charge on any atom is 0.397 e. The molecule has 8 atom stereocenters. The van der Waals surface area contributed by atoms with E-state index in [0.29, 0.717) is 19.3 Å². The third-order valence-corrected chi connectivity index (χ3v) is 15.0. The van der Waals surface area contributed by atoms with Crippen molar-refractivity contribution in [2.75, 3.05) is 13.2 Å². The Labute approximate surface area is 429 Å². The van der Waals surface area contributed by atoms with Gasteiger partial charge in [0.2, 0.25) is 5.91 Å². The fourth-order valence-corrected chi connectivity index (χ4v) is 10.4. The minimum atomic E-state index is -5.11. The number of unbranched alkanes of at least 4 members (excludes halogenated alkanes) is 39. The average molecular weight is 1020 g/mol. The van der Waals surface area contributed by atoms with Gasteiger partial charge in [0.15, 0.2) is 6.29 Å². The molecule has 1 saturated heterocycles. The van der Waals surface area contributed by atoms with Gasteiger partial charge in [-0.1, -0.05) is 277 Å². The van der Waals surface area contributed by atoms with Gasteiger partial charge in [-0.2, -0.15) is 8.42 Å². The first-order valence-electron chi connectivity index (χ1n) is 29.5. The average Bonchev–Trinajstić information content (AvgIpc) is 3.33. The summed E-state index contributed by atoms with van der Waals surface area (Å²) in [5.41, 5.74) is 0. The van der Waals surface area contributed by atoms with E-state index in [1.807, 2.05) is 0 Å². The molecule has 0 spiro atoms. The molecule has 14 heteroatoms. The van der Waals surface area contributed by atoms with E-state index in [2.05, 4.69) is 23.3 Å². The van der Waals surface area contributed by atoms with Crippen molar-refractivity contribution < 1.29 is 57.0 Å². The van der Waals surface area contributed by atoms with Crippen LogP contribution in [0, 0.1) is 0 Å². The number of amides is 1. The zero-order valence-corrected chi connectivity index (χ0v) is 45.8. The minimum Gasteiger partial charge on any atom is -0.394 e. The highest BCUT2D eigenvalue weighted by molar-refractivity contribution is 7.80. The molecule has 7 N–H and O–H groups in total. The Morgan fingerprint density at radius 3 is 1.14 bits per heavy atom. The lowest BCUT2D eigenvalue weighted by Crippen LogP contribution is -2.61. The zero-order chi connectivity index (χ0) is 51.3. The number of carbonyl (C=O) groups is 1. The van der Waals surface area contributed by atoms with E-state index in [4.69, 9.17) is 9.47 Å². The summed E-state index contributed by atoms with van der Waals surface area (Å²) in [5, 5.41) is 55.8. The predicted octanol–water partition coefficient (Wildman–Crippen LogP) is 12.7. The zero-order valence-electron chi connectivity index (χ0n) is 45.0. The summed E-state index contributed by atoms with van der Waals surface area (Å²) in [6, 6.07) is -1.03. The van der Waals surface area contributed by atoms with E-state index in [-0.39, 0.29) is 6.42 Å². The van der Waals surface area contributed by atoms with Gasteiger partial charge in [0.1, 0.15) is 30.5 Å². The number of nitrogens with one attached hydrogen (secondary N) is 1. The Hall–Kier alpha value is -0.940. The van der Waals surface area contributed by atoms with Gasteiger partial charge in [-0.25, -0.2) is 4.18 Å². The van der Waals surface area contributed by atoms with Crippen LogP contribution in [0.2, 0.25) is 0 Å². The van der Waals surface area contributed by atoms with E-state index < -0.39 is 78.5 Å². The number of rotatable bonds is 52. The molecular weight excluding hydrogens is 911 g/mol. The van der Waals surface area contributed by atoms with Crippen LogP contribution >= 0.6 is 0 Å². The molecule has 1 aliphatic rings. The summed E-state index contributed by atoms with van der Waals surface area (Å²) in [7, 11) is -5.11. The van der Waals surface area contributed by atoms with Crippen molar-refractivity contribution in [2.45, 2.75) is 339 Å². The molecule has 1 heterocycles. The van der Waals surface area contributed by atoms with Crippen LogP contribution in [0.25, 0.3) is 0 Å². The number of ether oxygens (including phenoxy) is 2. The number of hydrogen-bond acceptors (Lipinski definition) is 11. The van der Waals surface area contributed by atoms with Crippen molar-refractivity contribution in [3.8, 4) is 0 Å². The molecule has 1 aliphatic heterocycles. The normalized spacial score (nSPS) is 19.9. The number of aliphatic hydroxyl groups is 5. The van der Waals surface area contributed by atoms with Crippen LogP contribution in [-0.4, -0.2) is 107 Å². The van der Waals surface area contributed by atoms with Gasteiger partial charge < -0.3 is 40.3 Å². The highest BCUT2D eigenvalue weighted by Crippen LogP contribution is 2.26. The molecule has 0 aliphatic carbocycles. The Bertz CT molecular complexity index is 1260. The molecule has 0 aromatic carbocycles. The summed E-state index contributed by atoms with van der Waals surface area (Å²) in [4.78, 5) is 13.2. The van der Waals surface area contributed by atoms with Crippen molar-refractivity contribution in [1.82, 2.24) is 5.32 Å². The SMILES string of the molecule is CCCCCCCCCCCCCCCCCCCCCCCC(O)C(COC1OC(CO)C(O)C(OS(=O)(=O)O)C1O)NC(=O)C(O)CCCCCCCCCCCCCCCCCCCCCC. The topological polar surface area (TPSA) is 212 Å². The van der Waals surface area contributed by atoms with Crippen molar-refractivity contribution in [3.63, 3.8) is 0 Å². The van der Waals surface area contributed by atoms with E-state index in [1.54, 1.807) is 0 Å². The van der Waals surface area contributed by atoms with Crippen molar-refractivity contribution in [1.29, 1.82) is 0 Å². The van der Waals surface area contributed by atoms with E-state index in [1.165, 1.54) is 212 Å². The van der Waals surface area contributed by atoms with Crippen LogP contribution in [0.5, 0.6) is 0 Å². The van der Waals surface area contributed by atoms with Crippen LogP contribution in [0.4, 0.5) is 0 Å². The minimum absolute atomic E-state index is 0.267. The first-order chi connectivity index (χ1) is 33.9. The highest BCUT2D eigenvalue weighted by Gasteiger charge is 2.48. The van der Waals surface area contributed by atoms with Gasteiger partial charge in [-0.15, -0.1) is 0 Å². The fourth-order valence-electron chi connectivity index (χ4n) is 9.88. The Morgan fingerprint density at radius 1 is 0.514 bits per heavy atom. The monoisotopic (exact) mass is 1020 g/mol. The Kier molecular flexibility index (Phi) is 44.6. The quantitative estimate of drug-likeness (QED) is 0.0224. The fraction of sp³-hybridized carbons (Fsp3) is 0.982. The third-order valence-electron chi connectivity index (χ3n) is 14.5. The van der Waals surface area contributed by atoms with Gasteiger partial charge >= 0.3 is 10.4 Å². The lowest BCUT2D eigenvalue weighted by Gasteiger charge is -2.41. The lowest BCUT2D eigenvalue weighted by molar-refractivity contribution is -0.298. The highest BCUT2D eigenvalue weighted by atomic mass is 32.3. The van der Waals surface area contributed by atoms with Gasteiger partial charge in [0.05, 0.1) is 25.4 Å². The molecule has 13 nitrogen and oxygen atoms in total. The summed E-state index contributed by atoms with van der Waals surface area (Å²) >= 11 is 0. The lowest BCUT2D eigenvalue weighted by atomic mass is 9.99. The molecule has 1 amide bonds. The van der Waals surface area contributed by atoms with Crippen LogP contribution in [0.3, 0.4) is 0 Å². The van der Waals surface area contributed by atoms with Crippen LogP contribution in [0.1, 0.15) is 290 Å². The second-order valence-electron chi connectivity index (χ2n) is 21.1. The van der Waals surface area contributed by atoms with Crippen LogP contribution < -0.4 is 5.32 Å². The molecule has 1 fully saturated rings. The molecule has 1 rings (SSSR count). The van der Waals surface area contributed by atoms with Gasteiger partial charge in [-0.3, -0.25) is 9.35 Å². The summed E-state index contributed by atoms with van der Waals surface area (Å²) in [5.74, 6) is -0.661. The number of carbonyl (C=O) groups excluding carboxylic acids is 1. The maximum atomic E-state index is 13.2. The van der Waals surface area contributed by atoms with Gasteiger partial charge in [0.25, 0.3) is 0 Å². The molecule has 8 unspecified atom stereocenters. The molecule has 0 aromatic rings. The van der Waals surface area contributed by atoms with Crippen molar-refractivity contribution in [3.05, 3.63) is 0 Å². The van der Waals surface area contributed by atoms with Crippen LogP contribution in [0.15, 0.2) is 0 Å². The molecule has 0 saturated carbocycles. The molecule has 0 bridgehead atoms. The summed E-state index contributed by atoms with van der Waals surface area (Å²) in [6.45, 7) is 3.34. The molecule has 70 heavy (non-hydrogen) atoms. The molecule has 418 valence electrons. The number of hydrogen-bond donors (Lipinski definition) is 7. The van der Waals surface area contributed by atoms with E-state index in [9.17, 15) is 43.3 Å². The standard InChI is InChI=1S/C56H111NO12S/c1-3-5-7-9-11-13-15-17-19-21-23-25-27-28-30-32-34-36-38-40-42-44-49(59)48(47-67-56-53(62)54(69-70(64,65)66)52(61)51(46-58)68-56)57-55(63)50(60)45-43-41-39-37-35-33-31-29-26-24-22-20-18-16-14-12-10-8-6-4-2/h48-54,56,58-62H,3-47H2,1-2H3,(H,57,63)(H,64,65,66). The molecular formula is C56H111NO12S. The maximum absolute atomic E-state index is 13.2. The first-order valence-corrected chi connectivity index (χ1v) is 30.9. The van der Waals surface area contributed by atoms with Crippen molar-refractivity contribution >= 4 is 16.3 Å². The Morgan fingerprint density at radius 2 is 0.829 bits per heavy atom. The van der Waals surface area contributed by atoms with E-state index >= 15 is 0 Å². The summed E-state index contributed by atoms with van der Waals surface area (Å²) < 4.78 is 47.9. The smallest absolute Gasteiger partial charge is 0.394 e. The van der Waals surface area contributed by atoms with Crippen molar-refractivity contribution in [2.24, 2.45) is 0 Å². The second kappa shape index (κ2) is 46.6. The first kappa shape index (κ1) is 67.1. The van der Waals surface area contributed by atoms with Crippen LogP contribution in [-0.2, 0) is 28.9 Å². The second-order valence-corrected chi connectivity index (χ2v) is 22.1.